The van der Waals surface area contributed by atoms with E-state index in [2.05, 4.69) is 31.2 Å². The molecule has 0 amide bonds. The second kappa shape index (κ2) is 11.1. The minimum Gasteiger partial charge on any atom is -0.428 e. The van der Waals surface area contributed by atoms with E-state index in [9.17, 15) is 10.0 Å². The molecule has 0 saturated heterocycles. The van der Waals surface area contributed by atoms with Gasteiger partial charge in [0.1, 0.15) is 0 Å². The van der Waals surface area contributed by atoms with E-state index >= 15 is 0 Å². The molecule has 0 radical (unpaired) electrons. The normalized spacial score (nSPS) is 11.1. The first kappa shape index (κ1) is 22.3. The Morgan fingerprint density at radius 2 is 1.21 bits per heavy atom. The molecule has 1 N–H and O–H groups in total. The van der Waals surface area contributed by atoms with Crippen molar-refractivity contribution in [3.8, 4) is 0 Å². The highest BCUT2D eigenvalue weighted by Gasteiger charge is 2.13. The molecule has 3 heteroatoms. The zero-order chi connectivity index (χ0) is 20.5. The maximum Gasteiger partial charge on any atom is 0.188 e. The molecule has 154 valence electrons. The van der Waals surface area contributed by atoms with E-state index < -0.39 is 0 Å². The Bertz CT molecular complexity index is 803. The number of benzene rings is 1. The number of aromatic nitrogens is 1. The van der Waals surface area contributed by atoms with Crippen molar-refractivity contribution in [3.63, 3.8) is 0 Å². The molecule has 0 fully saturated rings. The Balaban J connectivity index is 1.57. The Labute approximate surface area is 170 Å². The molecular formula is C25H37NO2. The molecule has 0 aliphatic heterocycles. The first-order valence-electron chi connectivity index (χ1n) is 10.9. The van der Waals surface area contributed by atoms with Crippen LogP contribution in [0.3, 0.4) is 0 Å². The number of hydrogen-bond acceptors (Lipinski definition) is 2. The zero-order valence-corrected chi connectivity index (χ0v) is 18.2. The molecule has 0 spiro atoms. The Morgan fingerprint density at radius 1 is 0.714 bits per heavy atom. The van der Waals surface area contributed by atoms with Crippen molar-refractivity contribution in [2.24, 2.45) is 0 Å². The van der Waals surface area contributed by atoms with Gasteiger partial charge < -0.3 is 5.21 Å². The van der Waals surface area contributed by atoms with E-state index in [1.807, 2.05) is 6.92 Å². The van der Waals surface area contributed by atoms with E-state index in [0.717, 1.165) is 24.8 Å². The molecule has 2 rings (SSSR count). The maximum absolute atomic E-state index is 12.4. The van der Waals surface area contributed by atoms with Crippen LogP contribution >= 0.6 is 0 Å². The lowest BCUT2D eigenvalue weighted by Gasteiger charge is -2.14. The third-order valence-corrected chi connectivity index (χ3v) is 5.99. The van der Waals surface area contributed by atoms with Crippen LogP contribution in [0.4, 0.5) is 0 Å². The molecule has 0 bridgehead atoms. The van der Waals surface area contributed by atoms with Crippen molar-refractivity contribution >= 4 is 0 Å². The fraction of sp³-hybridized carbons (Fsp3) is 0.560. The van der Waals surface area contributed by atoms with Crippen LogP contribution in [0.2, 0.25) is 0 Å². The topological polar surface area (TPSA) is 42.2 Å². The summed E-state index contributed by atoms with van der Waals surface area (Å²) in [5.41, 5.74) is 5.67. The molecule has 28 heavy (non-hydrogen) atoms. The summed E-state index contributed by atoms with van der Waals surface area (Å²) in [5, 5.41) is 10.1. The van der Waals surface area contributed by atoms with Crippen LogP contribution in [0.1, 0.15) is 85.0 Å². The van der Waals surface area contributed by atoms with Crippen molar-refractivity contribution in [1.82, 2.24) is 4.73 Å². The van der Waals surface area contributed by atoms with Gasteiger partial charge in [-0.15, -0.1) is 0 Å². The van der Waals surface area contributed by atoms with Crippen LogP contribution in [-0.4, -0.2) is 9.94 Å². The van der Waals surface area contributed by atoms with Crippen molar-refractivity contribution in [1.29, 1.82) is 0 Å². The Hall–Kier alpha value is -2.03. The van der Waals surface area contributed by atoms with E-state index in [1.54, 1.807) is 13.8 Å². The summed E-state index contributed by atoms with van der Waals surface area (Å²) in [6, 6.07) is 8.89. The van der Waals surface area contributed by atoms with E-state index in [-0.39, 0.29) is 5.43 Å². The van der Waals surface area contributed by atoms with Crippen LogP contribution in [0, 0.1) is 27.7 Å². The fourth-order valence-corrected chi connectivity index (χ4v) is 3.83. The van der Waals surface area contributed by atoms with Gasteiger partial charge in [0.25, 0.3) is 0 Å². The van der Waals surface area contributed by atoms with Crippen LogP contribution < -0.4 is 5.43 Å². The van der Waals surface area contributed by atoms with Gasteiger partial charge in [-0.05, 0) is 58.9 Å². The van der Waals surface area contributed by atoms with Gasteiger partial charge in [-0.1, -0.05) is 68.4 Å². The molecular weight excluding hydrogens is 346 g/mol. The third-order valence-electron chi connectivity index (χ3n) is 5.99. The van der Waals surface area contributed by atoms with Crippen LogP contribution in [-0.2, 0) is 12.8 Å². The summed E-state index contributed by atoms with van der Waals surface area (Å²) in [5.74, 6) is 0. The van der Waals surface area contributed by atoms with Gasteiger partial charge in [-0.2, -0.15) is 4.73 Å². The zero-order valence-electron chi connectivity index (χ0n) is 18.2. The monoisotopic (exact) mass is 383 g/mol. The Morgan fingerprint density at radius 3 is 1.79 bits per heavy atom. The highest BCUT2D eigenvalue weighted by Crippen LogP contribution is 2.15. The van der Waals surface area contributed by atoms with Gasteiger partial charge in [0.15, 0.2) is 5.43 Å². The van der Waals surface area contributed by atoms with Gasteiger partial charge in [-0.25, -0.2) is 0 Å². The van der Waals surface area contributed by atoms with Crippen molar-refractivity contribution in [3.05, 3.63) is 68.1 Å². The SMILES string of the molecule is Cc1ccc(CCCCCCCCCCc2c(C)n(O)c(C)c(C)c2=O)cc1. The summed E-state index contributed by atoms with van der Waals surface area (Å²) in [6.45, 7) is 7.55. The van der Waals surface area contributed by atoms with Crippen molar-refractivity contribution < 1.29 is 5.21 Å². The highest BCUT2D eigenvalue weighted by molar-refractivity contribution is 5.30. The number of aryl methyl sites for hydroxylation is 2. The van der Waals surface area contributed by atoms with E-state index in [0.29, 0.717) is 17.0 Å². The van der Waals surface area contributed by atoms with Gasteiger partial charge in [-0.3, -0.25) is 4.79 Å². The second-order valence-electron chi connectivity index (χ2n) is 8.23. The quantitative estimate of drug-likeness (QED) is 0.369. The van der Waals surface area contributed by atoms with Crippen LogP contribution in [0.5, 0.6) is 0 Å². The second-order valence-corrected chi connectivity index (χ2v) is 8.23. The standard InChI is InChI=1S/C25H37NO2/c1-19-15-17-23(18-16-19)13-11-9-7-5-6-8-10-12-14-24-22(4)26(28)21(3)20(2)25(24)27/h15-18,28H,5-14H2,1-4H3. The van der Waals surface area contributed by atoms with Gasteiger partial charge in [0, 0.05) is 11.1 Å². The van der Waals surface area contributed by atoms with Crippen LogP contribution in [0.25, 0.3) is 0 Å². The summed E-state index contributed by atoms with van der Waals surface area (Å²) in [7, 11) is 0. The summed E-state index contributed by atoms with van der Waals surface area (Å²) < 4.78 is 1.17. The lowest BCUT2D eigenvalue weighted by Crippen LogP contribution is -2.22. The number of hydrogen-bond donors (Lipinski definition) is 1. The summed E-state index contributed by atoms with van der Waals surface area (Å²) in [4.78, 5) is 12.4. The number of pyridine rings is 1. The number of nitrogens with zero attached hydrogens (tertiary/aromatic N) is 1. The lowest BCUT2D eigenvalue weighted by atomic mass is 10.0. The first-order valence-corrected chi connectivity index (χ1v) is 10.9. The third kappa shape index (κ3) is 6.25. The summed E-state index contributed by atoms with van der Waals surface area (Å²) in [6.07, 6.45) is 11.9. The molecule has 1 aromatic carbocycles. The molecule has 0 atom stereocenters. The molecule has 3 nitrogen and oxygen atoms in total. The fourth-order valence-electron chi connectivity index (χ4n) is 3.83. The van der Waals surface area contributed by atoms with E-state index in [4.69, 9.17) is 0 Å². The molecule has 1 heterocycles. The minimum atomic E-state index is 0.105. The van der Waals surface area contributed by atoms with Gasteiger partial charge >= 0.3 is 0 Å². The Kier molecular flexibility index (Phi) is 8.82. The number of rotatable bonds is 11. The molecule has 0 saturated carbocycles. The van der Waals surface area contributed by atoms with Crippen LogP contribution in [0.15, 0.2) is 29.1 Å². The smallest absolute Gasteiger partial charge is 0.188 e. The molecule has 0 unspecified atom stereocenters. The minimum absolute atomic E-state index is 0.105. The summed E-state index contributed by atoms with van der Waals surface area (Å²) >= 11 is 0. The van der Waals surface area contributed by atoms with E-state index in [1.165, 1.54) is 60.8 Å². The lowest BCUT2D eigenvalue weighted by molar-refractivity contribution is 0.169. The predicted octanol–water partition coefficient (Wildman–Crippen LogP) is 6.23. The average molecular weight is 384 g/mol. The van der Waals surface area contributed by atoms with Gasteiger partial charge in [0.05, 0.1) is 11.4 Å². The maximum atomic E-state index is 12.4. The average Bonchev–Trinajstić information content (AvgIpc) is 2.70. The predicted molar refractivity (Wildman–Crippen MR) is 118 cm³/mol. The highest BCUT2D eigenvalue weighted by atomic mass is 16.5. The largest absolute Gasteiger partial charge is 0.428 e. The van der Waals surface area contributed by atoms with Crippen molar-refractivity contribution in [2.75, 3.05) is 0 Å². The molecule has 0 aliphatic carbocycles. The molecule has 1 aromatic heterocycles. The number of unbranched alkanes of at least 4 members (excludes halogenated alkanes) is 7. The molecule has 0 aliphatic rings. The first-order chi connectivity index (χ1) is 13.4. The molecule has 2 aromatic rings. The van der Waals surface area contributed by atoms with Gasteiger partial charge in [0.2, 0.25) is 0 Å². The van der Waals surface area contributed by atoms with Crippen molar-refractivity contribution in [2.45, 2.75) is 91.9 Å².